The molecule has 0 atom stereocenters. The lowest BCUT2D eigenvalue weighted by Crippen LogP contribution is -2.32. The van der Waals surface area contributed by atoms with Crippen LogP contribution in [0.2, 0.25) is 0 Å². The summed E-state index contributed by atoms with van der Waals surface area (Å²) in [5.41, 5.74) is 7.22. The fourth-order valence-electron chi connectivity index (χ4n) is 5.04. The Balaban J connectivity index is 0.00000137. The van der Waals surface area contributed by atoms with Crippen LogP contribution in [0, 0.1) is 0 Å². The standard InChI is InChI=1S/C31H30N2O2.C2H6/c1-31(2,25-13-15-29-23(17-25)19-32(21-34-29)27-9-5-3-6-10-27)26-14-16-30-24(18-26)20-33(22-35-30)28-11-7-4-8-12-28;1-2/h3-18H,19-22H2,1-2H3;1-2H3. The van der Waals surface area contributed by atoms with Gasteiger partial charge in [-0.2, -0.15) is 0 Å². The van der Waals surface area contributed by atoms with E-state index in [1.54, 1.807) is 0 Å². The molecule has 2 aliphatic rings. The summed E-state index contributed by atoms with van der Waals surface area (Å²) in [6.45, 7) is 11.4. The van der Waals surface area contributed by atoms with E-state index in [2.05, 4.69) is 109 Å². The molecule has 2 heterocycles. The minimum atomic E-state index is -0.159. The largest absolute Gasteiger partial charge is 0.473 e. The lowest BCUT2D eigenvalue weighted by Gasteiger charge is -2.34. The Bertz CT molecular complexity index is 1230. The van der Waals surface area contributed by atoms with Crippen molar-refractivity contribution in [2.45, 2.75) is 46.2 Å². The number of anilines is 2. The van der Waals surface area contributed by atoms with Gasteiger partial charge in [0.1, 0.15) is 11.5 Å². The van der Waals surface area contributed by atoms with Gasteiger partial charge in [-0.15, -0.1) is 0 Å². The van der Waals surface area contributed by atoms with Crippen LogP contribution in [0.25, 0.3) is 0 Å². The van der Waals surface area contributed by atoms with Gasteiger partial charge in [0.2, 0.25) is 0 Å². The Morgan fingerprint density at radius 1 is 0.568 bits per heavy atom. The van der Waals surface area contributed by atoms with E-state index in [0.717, 1.165) is 24.6 Å². The minimum absolute atomic E-state index is 0.159. The number of nitrogens with zero attached hydrogens (tertiary/aromatic N) is 2. The summed E-state index contributed by atoms with van der Waals surface area (Å²) in [7, 11) is 0. The Kier molecular flexibility index (Phi) is 7.09. The van der Waals surface area contributed by atoms with E-state index in [1.165, 1.54) is 33.6 Å². The molecule has 4 aromatic rings. The average Bonchev–Trinajstić information content (AvgIpc) is 2.98. The Hall–Kier alpha value is -3.92. The first-order chi connectivity index (χ1) is 18.1. The zero-order valence-electron chi connectivity index (χ0n) is 22.3. The predicted molar refractivity (Wildman–Crippen MR) is 153 cm³/mol. The quantitative estimate of drug-likeness (QED) is 0.291. The van der Waals surface area contributed by atoms with Gasteiger partial charge in [0.15, 0.2) is 13.5 Å². The summed E-state index contributed by atoms with van der Waals surface area (Å²) in [5.74, 6) is 1.96. The lowest BCUT2D eigenvalue weighted by atomic mass is 9.77. The minimum Gasteiger partial charge on any atom is -0.473 e. The van der Waals surface area contributed by atoms with Gasteiger partial charge in [-0.05, 0) is 59.7 Å². The number of para-hydroxylation sites is 2. The summed E-state index contributed by atoms with van der Waals surface area (Å²) in [6.07, 6.45) is 0. The van der Waals surface area contributed by atoms with E-state index < -0.39 is 0 Å². The van der Waals surface area contributed by atoms with Crippen molar-refractivity contribution < 1.29 is 9.47 Å². The SMILES string of the molecule is CC.CC(C)(c1ccc2c(c1)CN(c1ccccc1)CO2)c1ccc2c(c1)CN(c1ccccc1)CO2. The second kappa shape index (κ2) is 10.6. The fraction of sp³-hybridized carbons (Fsp3) is 0.273. The van der Waals surface area contributed by atoms with Crippen LogP contribution in [0.5, 0.6) is 11.5 Å². The molecule has 4 nitrogen and oxygen atoms in total. The van der Waals surface area contributed by atoms with Crippen LogP contribution in [-0.2, 0) is 18.5 Å². The van der Waals surface area contributed by atoms with Crippen LogP contribution >= 0.6 is 0 Å². The number of ether oxygens (including phenoxy) is 2. The van der Waals surface area contributed by atoms with Crippen LogP contribution in [0.15, 0.2) is 97.1 Å². The summed E-state index contributed by atoms with van der Waals surface area (Å²) < 4.78 is 12.2. The van der Waals surface area contributed by atoms with Crippen molar-refractivity contribution >= 4 is 11.4 Å². The molecule has 6 rings (SSSR count). The van der Waals surface area contributed by atoms with Crippen LogP contribution in [-0.4, -0.2) is 13.5 Å². The van der Waals surface area contributed by atoms with Gasteiger partial charge in [-0.3, -0.25) is 0 Å². The molecule has 0 spiro atoms. The number of rotatable bonds is 4. The van der Waals surface area contributed by atoms with Crippen LogP contribution in [0.1, 0.15) is 49.9 Å². The first-order valence-corrected chi connectivity index (χ1v) is 13.2. The first-order valence-electron chi connectivity index (χ1n) is 13.2. The summed E-state index contributed by atoms with van der Waals surface area (Å²) in [5, 5.41) is 0. The third-order valence-electron chi connectivity index (χ3n) is 7.28. The maximum absolute atomic E-state index is 6.10. The third-order valence-corrected chi connectivity index (χ3v) is 7.28. The van der Waals surface area contributed by atoms with Crippen molar-refractivity contribution in [3.8, 4) is 11.5 Å². The summed E-state index contributed by atoms with van der Waals surface area (Å²) in [4.78, 5) is 4.54. The van der Waals surface area contributed by atoms with Crippen LogP contribution < -0.4 is 19.3 Å². The zero-order chi connectivity index (χ0) is 25.8. The molecule has 0 saturated carbocycles. The second-order valence-electron chi connectivity index (χ2n) is 9.88. The van der Waals surface area contributed by atoms with E-state index in [-0.39, 0.29) is 5.41 Å². The van der Waals surface area contributed by atoms with E-state index in [4.69, 9.17) is 9.47 Å². The van der Waals surface area contributed by atoms with Gasteiger partial charge >= 0.3 is 0 Å². The smallest absolute Gasteiger partial charge is 0.161 e. The number of fused-ring (bicyclic) bond motifs is 2. The van der Waals surface area contributed by atoms with Crippen molar-refractivity contribution in [3.05, 3.63) is 119 Å². The topological polar surface area (TPSA) is 24.9 Å². The molecule has 0 aromatic heterocycles. The van der Waals surface area contributed by atoms with Crippen molar-refractivity contribution in [1.82, 2.24) is 0 Å². The van der Waals surface area contributed by atoms with E-state index in [1.807, 2.05) is 26.0 Å². The number of hydrogen-bond donors (Lipinski definition) is 0. The summed E-state index contributed by atoms with van der Waals surface area (Å²) >= 11 is 0. The summed E-state index contributed by atoms with van der Waals surface area (Å²) in [6, 6.07) is 34.2. The molecular formula is C33H36N2O2. The zero-order valence-corrected chi connectivity index (χ0v) is 22.3. The molecule has 37 heavy (non-hydrogen) atoms. The molecule has 0 aliphatic carbocycles. The van der Waals surface area contributed by atoms with E-state index in [0.29, 0.717) is 13.5 Å². The Morgan fingerprint density at radius 3 is 1.38 bits per heavy atom. The normalized spacial score (nSPS) is 14.4. The lowest BCUT2D eigenvalue weighted by molar-refractivity contribution is 0.288. The molecule has 0 fully saturated rings. The van der Waals surface area contributed by atoms with Crippen molar-refractivity contribution in [2.24, 2.45) is 0 Å². The highest BCUT2D eigenvalue weighted by atomic mass is 16.5. The van der Waals surface area contributed by atoms with Gasteiger partial charge in [-0.25, -0.2) is 0 Å². The van der Waals surface area contributed by atoms with Gasteiger partial charge in [0.05, 0.1) is 0 Å². The van der Waals surface area contributed by atoms with Gasteiger partial charge in [0, 0.05) is 41.0 Å². The molecule has 0 unspecified atom stereocenters. The predicted octanol–water partition coefficient (Wildman–Crippen LogP) is 7.75. The van der Waals surface area contributed by atoms with Crippen molar-refractivity contribution in [2.75, 3.05) is 23.3 Å². The third kappa shape index (κ3) is 5.01. The highest BCUT2D eigenvalue weighted by Crippen LogP contribution is 2.39. The van der Waals surface area contributed by atoms with Crippen LogP contribution in [0.3, 0.4) is 0 Å². The van der Waals surface area contributed by atoms with E-state index >= 15 is 0 Å². The molecular weight excluding hydrogens is 456 g/mol. The fourth-order valence-corrected chi connectivity index (χ4v) is 5.04. The average molecular weight is 493 g/mol. The maximum Gasteiger partial charge on any atom is 0.161 e. The molecule has 4 aromatic carbocycles. The van der Waals surface area contributed by atoms with Crippen molar-refractivity contribution in [1.29, 1.82) is 0 Å². The first kappa shape index (κ1) is 24.8. The van der Waals surface area contributed by atoms with Gasteiger partial charge in [-0.1, -0.05) is 76.2 Å². The molecule has 0 N–H and O–H groups in total. The maximum atomic E-state index is 6.10. The molecule has 0 bridgehead atoms. The monoisotopic (exact) mass is 492 g/mol. The molecule has 0 radical (unpaired) electrons. The van der Waals surface area contributed by atoms with Crippen LogP contribution in [0.4, 0.5) is 11.4 Å². The highest BCUT2D eigenvalue weighted by molar-refractivity contribution is 5.54. The molecule has 4 heteroatoms. The van der Waals surface area contributed by atoms with E-state index in [9.17, 15) is 0 Å². The second-order valence-corrected chi connectivity index (χ2v) is 9.88. The molecule has 190 valence electrons. The number of benzene rings is 4. The molecule has 2 aliphatic heterocycles. The molecule has 0 amide bonds. The highest BCUT2D eigenvalue weighted by Gasteiger charge is 2.28. The van der Waals surface area contributed by atoms with Gasteiger partial charge in [0.25, 0.3) is 0 Å². The molecule has 0 saturated heterocycles. The number of hydrogen-bond acceptors (Lipinski definition) is 4. The van der Waals surface area contributed by atoms with Gasteiger partial charge < -0.3 is 19.3 Å². The van der Waals surface area contributed by atoms with Crippen molar-refractivity contribution in [3.63, 3.8) is 0 Å². The Morgan fingerprint density at radius 2 is 0.973 bits per heavy atom. The Labute approximate surface area is 221 Å².